The minimum absolute atomic E-state index is 0. The summed E-state index contributed by atoms with van der Waals surface area (Å²) in [6, 6.07) is -0.650. The molecule has 1 aromatic rings. The summed E-state index contributed by atoms with van der Waals surface area (Å²) in [4.78, 5) is 12.1. The number of aliphatic hydroxyl groups is 1. The minimum atomic E-state index is -3.57. The molecule has 1 atom stereocenters. The molecule has 1 saturated carbocycles. The molecule has 6 nitrogen and oxygen atoms in total. The molecule has 3 rings (SSSR count). The smallest absolute Gasteiger partial charge is 0.280 e. The Labute approximate surface area is 165 Å². The van der Waals surface area contributed by atoms with Crippen LogP contribution in [0.3, 0.4) is 0 Å². The van der Waals surface area contributed by atoms with E-state index in [9.17, 15) is 27.1 Å². The number of hydrogen-bond donors (Lipinski definition) is 3. The van der Waals surface area contributed by atoms with Crippen LogP contribution in [-0.4, -0.2) is 50.1 Å². The third-order valence-electron chi connectivity index (χ3n) is 4.38. The lowest BCUT2D eigenvalue weighted by Gasteiger charge is -2.35. The molecule has 0 saturated heterocycles. The molecular formula is C16H22F5N5OS. The van der Waals surface area contributed by atoms with Gasteiger partial charge in [0, 0.05) is 36.9 Å². The van der Waals surface area contributed by atoms with Gasteiger partial charge in [-0.2, -0.15) is 28.4 Å². The Hall–Kier alpha value is -1.69. The number of anilines is 2. The van der Waals surface area contributed by atoms with Crippen LogP contribution >= 0.6 is 13.5 Å². The molecule has 0 radical (unpaired) electrons. The molecule has 0 unspecified atom stereocenters. The highest BCUT2D eigenvalue weighted by atomic mass is 32.1. The molecule has 1 fully saturated rings. The quantitative estimate of drug-likeness (QED) is 0.624. The van der Waals surface area contributed by atoms with Crippen LogP contribution in [0.1, 0.15) is 45.4 Å². The van der Waals surface area contributed by atoms with E-state index in [4.69, 9.17) is 0 Å². The molecule has 3 N–H and O–H groups in total. The number of allylic oxidation sites excluding steroid dienone is 1. The zero-order valence-corrected chi connectivity index (χ0v) is 16.2. The monoisotopic (exact) mass is 427 g/mol. The maximum Gasteiger partial charge on any atom is 0.280 e. The Morgan fingerprint density at radius 2 is 1.68 bits per heavy atom. The summed E-state index contributed by atoms with van der Waals surface area (Å²) in [5.74, 6) is -7.94. The molecule has 2 aliphatic rings. The molecule has 12 heteroatoms. The van der Waals surface area contributed by atoms with E-state index in [-0.39, 0.29) is 62.1 Å². The van der Waals surface area contributed by atoms with Crippen LogP contribution in [0.2, 0.25) is 0 Å². The second-order valence-corrected chi connectivity index (χ2v) is 7.20. The largest absolute Gasteiger partial charge is 0.380 e. The van der Waals surface area contributed by atoms with E-state index in [1.807, 2.05) is 0 Å². The van der Waals surface area contributed by atoms with Crippen molar-refractivity contribution >= 4 is 31.0 Å². The van der Waals surface area contributed by atoms with Gasteiger partial charge in [-0.1, -0.05) is 0 Å². The van der Waals surface area contributed by atoms with Gasteiger partial charge in [-0.15, -0.1) is 0 Å². The molecule has 0 amide bonds. The van der Waals surface area contributed by atoms with Crippen molar-refractivity contribution in [1.29, 1.82) is 0 Å². The van der Waals surface area contributed by atoms with Crippen molar-refractivity contribution in [2.45, 2.75) is 69.6 Å². The number of alkyl halides is 4. The summed E-state index contributed by atoms with van der Waals surface area (Å²) >= 11 is 0. The fraction of sp³-hybridized carbons (Fsp3) is 0.688. The first-order chi connectivity index (χ1) is 12.5. The first kappa shape index (κ1) is 22.6. The highest BCUT2D eigenvalue weighted by Gasteiger charge is 2.47. The van der Waals surface area contributed by atoms with Crippen LogP contribution in [0.5, 0.6) is 0 Å². The Morgan fingerprint density at radius 1 is 1.07 bits per heavy atom. The Morgan fingerprint density at radius 3 is 2.25 bits per heavy atom. The van der Waals surface area contributed by atoms with E-state index in [2.05, 4.69) is 25.6 Å². The zero-order chi connectivity index (χ0) is 20.0. The van der Waals surface area contributed by atoms with Gasteiger partial charge < -0.3 is 15.7 Å². The number of hydrogen-bond acceptors (Lipinski definition) is 6. The number of rotatable bonds is 5. The Kier molecular flexibility index (Phi) is 6.44. The number of aliphatic hydroxyl groups excluding tert-OH is 1. The SMILES string of the molecule is CC(C)Nc1nc(NC2CC(F)(F)C2)nc(C2=C(F)[C@H](O)C(F)(F)CC2)n1.S. The van der Waals surface area contributed by atoms with Crippen LogP contribution < -0.4 is 10.6 Å². The van der Waals surface area contributed by atoms with Crippen molar-refractivity contribution in [3.63, 3.8) is 0 Å². The van der Waals surface area contributed by atoms with Crippen molar-refractivity contribution in [2.24, 2.45) is 0 Å². The fourth-order valence-electron chi connectivity index (χ4n) is 2.96. The van der Waals surface area contributed by atoms with Crippen molar-refractivity contribution in [3.8, 4) is 0 Å². The van der Waals surface area contributed by atoms with E-state index < -0.39 is 36.2 Å². The molecule has 0 bridgehead atoms. The third-order valence-corrected chi connectivity index (χ3v) is 4.38. The first-order valence-electron chi connectivity index (χ1n) is 8.58. The maximum absolute atomic E-state index is 14.3. The summed E-state index contributed by atoms with van der Waals surface area (Å²) < 4.78 is 67.3. The average Bonchev–Trinajstić information content (AvgIpc) is 2.50. The zero-order valence-electron chi connectivity index (χ0n) is 15.2. The summed E-state index contributed by atoms with van der Waals surface area (Å²) in [5.41, 5.74) is -0.246. The minimum Gasteiger partial charge on any atom is -0.380 e. The lowest BCUT2D eigenvalue weighted by atomic mass is 9.88. The molecule has 0 aromatic carbocycles. The summed E-state index contributed by atoms with van der Waals surface area (Å²) in [7, 11) is 0. The molecule has 1 aromatic heterocycles. The van der Waals surface area contributed by atoms with Crippen LogP contribution in [0, 0.1) is 0 Å². The van der Waals surface area contributed by atoms with Gasteiger partial charge in [0.05, 0.1) is 0 Å². The third kappa shape index (κ3) is 4.83. The predicted molar refractivity (Wildman–Crippen MR) is 98.8 cm³/mol. The van der Waals surface area contributed by atoms with Crippen molar-refractivity contribution < 1.29 is 27.1 Å². The Bertz CT molecular complexity index is 753. The van der Waals surface area contributed by atoms with Crippen molar-refractivity contribution in [3.05, 3.63) is 11.7 Å². The van der Waals surface area contributed by atoms with E-state index in [0.29, 0.717) is 0 Å². The lowest BCUT2D eigenvalue weighted by Crippen LogP contribution is -2.44. The van der Waals surface area contributed by atoms with Gasteiger partial charge in [-0.05, 0) is 20.3 Å². The van der Waals surface area contributed by atoms with E-state index in [1.54, 1.807) is 13.8 Å². The number of nitrogens with zero attached hydrogens (tertiary/aromatic N) is 3. The number of halogens is 5. The Balaban J connectivity index is 0.00000280. The molecule has 1 heterocycles. The highest BCUT2D eigenvalue weighted by molar-refractivity contribution is 7.59. The van der Waals surface area contributed by atoms with Crippen LogP contribution in [0.15, 0.2) is 5.83 Å². The van der Waals surface area contributed by atoms with Gasteiger partial charge in [0.1, 0.15) is 5.83 Å². The average molecular weight is 427 g/mol. The van der Waals surface area contributed by atoms with Gasteiger partial charge in [0.2, 0.25) is 11.9 Å². The van der Waals surface area contributed by atoms with Crippen LogP contribution in [0.25, 0.3) is 5.57 Å². The van der Waals surface area contributed by atoms with Crippen molar-refractivity contribution in [1.82, 2.24) is 15.0 Å². The summed E-state index contributed by atoms with van der Waals surface area (Å²) in [5, 5.41) is 15.1. The molecule has 0 spiro atoms. The van der Waals surface area contributed by atoms with Crippen LogP contribution in [0.4, 0.5) is 33.8 Å². The predicted octanol–water partition coefficient (Wildman–Crippen LogP) is 3.48. The second-order valence-electron chi connectivity index (χ2n) is 7.20. The molecule has 0 aliphatic heterocycles. The van der Waals surface area contributed by atoms with E-state index >= 15 is 0 Å². The summed E-state index contributed by atoms with van der Waals surface area (Å²) in [6.45, 7) is 3.60. The molecular weight excluding hydrogens is 405 g/mol. The van der Waals surface area contributed by atoms with Gasteiger partial charge in [-0.25, -0.2) is 22.0 Å². The van der Waals surface area contributed by atoms with Gasteiger partial charge in [0.15, 0.2) is 11.9 Å². The molecule has 158 valence electrons. The number of nitrogens with one attached hydrogen (secondary N) is 2. The standard InChI is InChI=1S/C16H20F5N5O.H2S/c1-7(2)22-13-24-12(9-3-4-16(20,21)11(27)10(9)17)25-14(26-13)23-8-5-15(18,19)6-8;/h7-8,11,27H,3-6H2,1-2H3,(H2,22,23,24,25,26);1H2/t11-;/m0./s1. The lowest BCUT2D eigenvalue weighted by molar-refractivity contribution is -0.107. The van der Waals surface area contributed by atoms with Gasteiger partial charge >= 0.3 is 0 Å². The first-order valence-corrected chi connectivity index (χ1v) is 8.58. The van der Waals surface area contributed by atoms with E-state index in [1.165, 1.54) is 0 Å². The fourth-order valence-corrected chi connectivity index (χ4v) is 2.96. The van der Waals surface area contributed by atoms with E-state index in [0.717, 1.165) is 0 Å². The second kappa shape index (κ2) is 7.97. The molecule has 2 aliphatic carbocycles. The molecule has 28 heavy (non-hydrogen) atoms. The topological polar surface area (TPSA) is 83.0 Å². The summed E-state index contributed by atoms with van der Waals surface area (Å²) in [6.07, 6.45) is -4.47. The van der Waals surface area contributed by atoms with Gasteiger partial charge in [0.25, 0.3) is 11.8 Å². The van der Waals surface area contributed by atoms with Crippen molar-refractivity contribution in [2.75, 3.05) is 10.6 Å². The van der Waals surface area contributed by atoms with Gasteiger partial charge in [-0.3, -0.25) is 0 Å². The highest BCUT2D eigenvalue weighted by Crippen LogP contribution is 2.41. The van der Waals surface area contributed by atoms with Crippen LogP contribution in [-0.2, 0) is 0 Å². The number of aromatic nitrogens is 3. The maximum atomic E-state index is 14.3. The normalized spacial score (nSPS) is 23.8.